The first-order valence-corrected chi connectivity index (χ1v) is 10.3. The summed E-state index contributed by atoms with van der Waals surface area (Å²) in [6, 6.07) is 5.24. The third kappa shape index (κ3) is 4.20. The number of primary amides is 1. The smallest absolute Gasteiger partial charge is 0.365 e. The topological polar surface area (TPSA) is 86.9 Å². The second-order valence-electron chi connectivity index (χ2n) is 6.61. The van der Waals surface area contributed by atoms with Crippen molar-refractivity contribution in [2.75, 3.05) is 6.54 Å². The van der Waals surface area contributed by atoms with E-state index < -0.39 is 23.6 Å². The summed E-state index contributed by atoms with van der Waals surface area (Å²) in [5.41, 5.74) is 12.0. The molecule has 0 saturated heterocycles. The summed E-state index contributed by atoms with van der Waals surface area (Å²) < 4.78 is 42.1. The fourth-order valence-corrected chi connectivity index (χ4v) is 5.09. The Morgan fingerprint density at radius 1 is 1.30 bits per heavy atom. The maximum Gasteiger partial charge on any atom is 0.416 e. The van der Waals surface area contributed by atoms with Crippen molar-refractivity contribution in [3.05, 3.63) is 61.4 Å². The number of rotatable bonds is 6. The van der Waals surface area contributed by atoms with Gasteiger partial charge in [0.2, 0.25) is 0 Å². The monoisotopic (exact) mass is 476 g/mol. The van der Waals surface area contributed by atoms with Gasteiger partial charge in [-0.1, -0.05) is 41.4 Å². The number of nitrogens with zero attached hydrogens (tertiary/aromatic N) is 2. The molecule has 2 heterocycles. The van der Waals surface area contributed by atoms with Crippen LogP contribution in [0.5, 0.6) is 0 Å². The van der Waals surface area contributed by atoms with E-state index >= 15 is 0 Å². The Morgan fingerprint density at radius 3 is 2.50 bits per heavy atom. The molecule has 0 saturated carbocycles. The van der Waals surface area contributed by atoms with E-state index in [1.807, 2.05) is 0 Å². The highest BCUT2D eigenvalue weighted by Gasteiger charge is 2.35. The average Bonchev–Trinajstić information content (AvgIpc) is 3.18. The maximum atomic E-state index is 13.5. The van der Waals surface area contributed by atoms with Gasteiger partial charge in [0.1, 0.15) is 4.34 Å². The molecule has 2 aromatic heterocycles. The normalized spacial score (nSPS) is 12.9. The van der Waals surface area contributed by atoms with Crippen molar-refractivity contribution in [2.24, 2.45) is 18.5 Å². The fraction of sp³-hybridized carbons (Fsp3) is 0.263. The summed E-state index contributed by atoms with van der Waals surface area (Å²) >= 11 is 13.6. The van der Waals surface area contributed by atoms with E-state index in [0.29, 0.717) is 16.8 Å². The van der Waals surface area contributed by atoms with Gasteiger partial charge in [0.05, 0.1) is 27.4 Å². The number of hydrogen-bond donors (Lipinski definition) is 2. The van der Waals surface area contributed by atoms with Crippen LogP contribution in [0, 0.1) is 0 Å². The lowest BCUT2D eigenvalue weighted by molar-refractivity contribution is -0.138. The molecular formula is C19H17Cl2F3N4OS. The van der Waals surface area contributed by atoms with Crippen molar-refractivity contribution in [3.63, 3.8) is 0 Å². The van der Waals surface area contributed by atoms with Crippen LogP contribution in [0.3, 0.4) is 0 Å². The fourth-order valence-electron chi connectivity index (χ4n) is 3.44. The number of nitrogens with two attached hydrogens (primary N) is 2. The van der Waals surface area contributed by atoms with Gasteiger partial charge in [-0.05, 0) is 30.2 Å². The molecule has 5 nitrogen and oxygen atoms in total. The summed E-state index contributed by atoms with van der Waals surface area (Å²) in [7, 11) is 1.64. The number of halogens is 5. The molecule has 0 aliphatic carbocycles. The molecular weight excluding hydrogens is 460 g/mol. The number of benzene rings is 1. The predicted molar refractivity (Wildman–Crippen MR) is 112 cm³/mol. The van der Waals surface area contributed by atoms with Crippen LogP contribution in [0.15, 0.2) is 30.5 Å². The number of amides is 1. The highest BCUT2D eigenvalue weighted by Crippen LogP contribution is 2.46. The molecule has 0 spiro atoms. The molecule has 3 aromatic rings. The SMILES string of the molecule is Cn1ncc(Cl)c1-c1c(Cl)sc(C(N)=O)c1[C@@H](CN)Cc1ccccc1C(F)(F)F. The Bertz CT molecular complexity index is 1070. The van der Waals surface area contributed by atoms with Crippen LogP contribution in [-0.4, -0.2) is 22.2 Å². The van der Waals surface area contributed by atoms with Crippen molar-refractivity contribution in [1.82, 2.24) is 9.78 Å². The molecule has 0 bridgehead atoms. The van der Waals surface area contributed by atoms with E-state index in [4.69, 9.17) is 34.7 Å². The molecule has 3 rings (SSSR count). The molecule has 0 aliphatic rings. The van der Waals surface area contributed by atoms with Crippen LogP contribution in [0.1, 0.15) is 32.3 Å². The van der Waals surface area contributed by atoms with Gasteiger partial charge in [-0.15, -0.1) is 11.3 Å². The third-order valence-electron chi connectivity index (χ3n) is 4.74. The summed E-state index contributed by atoms with van der Waals surface area (Å²) in [4.78, 5) is 12.3. The number of aryl methyl sites for hydroxylation is 1. The second-order valence-corrected chi connectivity index (χ2v) is 8.64. The van der Waals surface area contributed by atoms with E-state index in [-0.39, 0.29) is 32.8 Å². The lowest BCUT2D eigenvalue weighted by Crippen LogP contribution is -2.21. The summed E-state index contributed by atoms with van der Waals surface area (Å²) in [6.07, 6.45) is -3.18. The summed E-state index contributed by atoms with van der Waals surface area (Å²) in [5, 5.41) is 4.36. The summed E-state index contributed by atoms with van der Waals surface area (Å²) in [5.74, 6) is -1.41. The van der Waals surface area contributed by atoms with E-state index in [9.17, 15) is 18.0 Å². The van der Waals surface area contributed by atoms with Gasteiger partial charge in [0.25, 0.3) is 5.91 Å². The van der Waals surface area contributed by atoms with Crippen molar-refractivity contribution in [3.8, 4) is 11.3 Å². The van der Waals surface area contributed by atoms with Gasteiger partial charge in [-0.2, -0.15) is 18.3 Å². The van der Waals surface area contributed by atoms with E-state index in [1.54, 1.807) is 7.05 Å². The first-order valence-electron chi connectivity index (χ1n) is 8.71. The van der Waals surface area contributed by atoms with Crippen LogP contribution in [-0.2, 0) is 19.6 Å². The minimum Gasteiger partial charge on any atom is -0.365 e. The lowest BCUT2D eigenvalue weighted by Gasteiger charge is -2.21. The van der Waals surface area contributed by atoms with E-state index in [2.05, 4.69) is 5.10 Å². The number of carbonyl (C=O) groups excluding carboxylic acids is 1. The number of alkyl halides is 3. The minimum absolute atomic E-state index is 0.0397. The molecule has 1 atom stereocenters. The van der Waals surface area contributed by atoms with Gasteiger partial charge in [0.15, 0.2) is 0 Å². The zero-order chi connectivity index (χ0) is 22.2. The second kappa shape index (κ2) is 8.58. The Kier molecular flexibility index (Phi) is 6.47. The zero-order valence-corrected chi connectivity index (χ0v) is 18.0. The highest BCUT2D eigenvalue weighted by molar-refractivity contribution is 7.18. The largest absolute Gasteiger partial charge is 0.416 e. The molecule has 0 fully saturated rings. The molecule has 1 aromatic carbocycles. The van der Waals surface area contributed by atoms with Gasteiger partial charge in [-0.25, -0.2) is 0 Å². The van der Waals surface area contributed by atoms with Crippen LogP contribution in [0.2, 0.25) is 9.36 Å². The van der Waals surface area contributed by atoms with Gasteiger partial charge in [0, 0.05) is 18.5 Å². The first kappa shape index (κ1) is 22.6. The van der Waals surface area contributed by atoms with Gasteiger partial charge in [-0.3, -0.25) is 9.48 Å². The molecule has 160 valence electrons. The quantitative estimate of drug-likeness (QED) is 0.532. The minimum atomic E-state index is -4.53. The van der Waals surface area contributed by atoms with E-state index in [0.717, 1.165) is 17.4 Å². The third-order valence-corrected chi connectivity index (χ3v) is 6.44. The van der Waals surface area contributed by atoms with Crippen molar-refractivity contribution < 1.29 is 18.0 Å². The number of hydrogen-bond acceptors (Lipinski definition) is 4. The number of thiophene rings is 1. The number of carbonyl (C=O) groups is 1. The Hall–Kier alpha value is -2.07. The Morgan fingerprint density at radius 2 is 1.97 bits per heavy atom. The predicted octanol–water partition coefficient (Wildman–Crippen LogP) is 4.86. The zero-order valence-electron chi connectivity index (χ0n) is 15.6. The standard InChI is InChI=1S/C19H17Cl2F3N4OS/c1-28-15(12(20)8-27-28)14-13(16(18(26)29)30-17(14)21)10(7-25)6-9-4-2-3-5-11(9)19(22,23)24/h2-5,8,10H,6-7,25H2,1H3,(H2,26,29)/t10-/m1/s1. The lowest BCUT2D eigenvalue weighted by atomic mass is 9.87. The van der Waals surface area contributed by atoms with Crippen molar-refractivity contribution >= 4 is 40.4 Å². The van der Waals surface area contributed by atoms with Gasteiger partial charge < -0.3 is 11.5 Å². The molecule has 1 amide bonds. The van der Waals surface area contributed by atoms with Crippen LogP contribution >= 0.6 is 34.5 Å². The van der Waals surface area contributed by atoms with E-state index in [1.165, 1.54) is 29.1 Å². The Balaban J connectivity index is 2.20. The van der Waals surface area contributed by atoms with Crippen LogP contribution < -0.4 is 11.5 Å². The van der Waals surface area contributed by atoms with Crippen LogP contribution in [0.4, 0.5) is 13.2 Å². The summed E-state index contributed by atoms with van der Waals surface area (Å²) in [6.45, 7) is -0.0397. The first-order chi connectivity index (χ1) is 14.1. The van der Waals surface area contributed by atoms with Gasteiger partial charge >= 0.3 is 6.18 Å². The molecule has 0 unspecified atom stereocenters. The molecule has 0 radical (unpaired) electrons. The van der Waals surface area contributed by atoms with Crippen LogP contribution in [0.25, 0.3) is 11.3 Å². The maximum absolute atomic E-state index is 13.5. The molecule has 4 N–H and O–H groups in total. The number of aromatic nitrogens is 2. The Labute approximate surface area is 184 Å². The average molecular weight is 477 g/mol. The molecule has 11 heteroatoms. The van der Waals surface area contributed by atoms with Crippen molar-refractivity contribution in [2.45, 2.75) is 18.5 Å². The highest BCUT2D eigenvalue weighted by atomic mass is 35.5. The van der Waals surface area contributed by atoms with Crippen molar-refractivity contribution in [1.29, 1.82) is 0 Å². The molecule has 0 aliphatic heterocycles. The molecule has 30 heavy (non-hydrogen) atoms.